The third-order valence-electron chi connectivity index (χ3n) is 4.51. The third-order valence-corrected chi connectivity index (χ3v) is 6.39. The second kappa shape index (κ2) is 7.64. The van der Waals surface area contributed by atoms with Crippen LogP contribution in [0.25, 0.3) is 0 Å². The average Bonchev–Trinajstić information content (AvgIpc) is 2.55. The van der Waals surface area contributed by atoms with Crippen molar-refractivity contribution in [3.05, 3.63) is 23.3 Å². The molecule has 0 spiro atoms. The van der Waals surface area contributed by atoms with Gasteiger partial charge in [0.2, 0.25) is 10.0 Å². The number of ether oxygens (including phenoxy) is 2. The van der Waals surface area contributed by atoms with Gasteiger partial charge in [-0.05, 0) is 62.8 Å². The molecule has 1 atom stereocenters. The highest BCUT2D eigenvalue weighted by molar-refractivity contribution is 7.89. The van der Waals surface area contributed by atoms with Crippen LogP contribution in [0.2, 0.25) is 0 Å². The van der Waals surface area contributed by atoms with E-state index in [4.69, 9.17) is 9.47 Å². The van der Waals surface area contributed by atoms with Gasteiger partial charge in [-0.1, -0.05) is 0 Å². The van der Waals surface area contributed by atoms with Crippen LogP contribution >= 0.6 is 0 Å². The van der Waals surface area contributed by atoms with Crippen molar-refractivity contribution in [2.75, 3.05) is 27.3 Å². The highest BCUT2D eigenvalue weighted by atomic mass is 32.2. The minimum atomic E-state index is -3.57. The summed E-state index contributed by atoms with van der Waals surface area (Å²) >= 11 is 0. The Kier molecular flexibility index (Phi) is 6.06. The Labute approximate surface area is 139 Å². The number of aryl methyl sites for hydroxylation is 2. The summed E-state index contributed by atoms with van der Waals surface area (Å²) < 4.78 is 38.1. The summed E-state index contributed by atoms with van der Waals surface area (Å²) in [6.07, 6.45) is 4.17. The number of rotatable bonds is 6. The molecule has 1 aliphatic heterocycles. The van der Waals surface area contributed by atoms with Gasteiger partial charge in [0.25, 0.3) is 0 Å². The van der Waals surface area contributed by atoms with Gasteiger partial charge in [0.1, 0.15) is 10.6 Å². The van der Waals surface area contributed by atoms with E-state index in [0.29, 0.717) is 12.3 Å². The van der Waals surface area contributed by atoms with Gasteiger partial charge < -0.3 is 9.47 Å². The van der Waals surface area contributed by atoms with Gasteiger partial charge >= 0.3 is 0 Å². The number of sulfonamides is 1. The van der Waals surface area contributed by atoms with Gasteiger partial charge in [0.05, 0.1) is 13.2 Å². The number of nitrogens with zero attached hydrogens (tertiary/aromatic N) is 1. The molecule has 0 amide bonds. The Morgan fingerprint density at radius 2 is 1.96 bits per heavy atom. The zero-order valence-corrected chi connectivity index (χ0v) is 15.3. The quantitative estimate of drug-likeness (QED) is 0.798. The molecule has 0 aromatic heterocycles. The van der Waals surface area contributed by atoms with Gasteiger partial charge in [-0.25, -0.2) is 12.7 Å². The first kappa shape index (κ1) is 18.2. The normalized spacial score (nSPS) is 19.1. The highest BCUT2D eigenvalue weighted by Gasteiger charge is 2.26. The first-order chi connectivity index (χ1) is 10.9. The van der Waals surface area contributed by atoms with Crippen LogP contribution in [0, 0.1) is 13.8 Å². The zero-order chi connectivity index (χ0) is 17.0. The predicted octanol–water partition coefficient (Wildman–Crippen LogP) is 2.89. The van der Waals surface area contributed by atoms with E-state index in [-0.39, 0.29) is 11.0 Å². The van der Waals surface area contributed by atoms with Crippen molar-refractivity contribution in [1.82, 2.24) is 4.31 Å². The van der Waals surface area contributed by atoms with E-state index in [1.807, 2.05) is 13.8 Å². The molecule has 6 heteroatoms. The van der Waals surface area contributed by atoms with Crippen molar-refractivity contribution < 1.29 is 17.9 Å². The molecule has 130 valence electrons. The summed E-state index contributed by atoms with van der Waals surface area (Å²) in [5.74, 6) is 0.397. The molecule has 5 nitrogen and oxygen atoms in total. The Morgan fingerprint density at radius 1 is 1.26 bits per heavy atom. The van der Waals surface area contributed by atoms with Crippen molar-refractivity contribution in [3.8, 4) is 5.75 Å². The molecule has 0 bridgehead atoms. The van der Waals surface area contributed by atoms with Crippen LogP contribution in [-0.2, 0) is 14.8 Å². The smallest absolute Gasteiger partial charge is 0.246 e. The van der Waals surface area contributed by atoms with E-state index in [9.17, 15) is 8.42 Å². The summed E-state index contributed by atoms with van der Waals surface area (Å²) in [7, 11) is -0.452. The minimum absolute atomic E-state index is 0.169. The van der Waals surface area contributed by atoms with Crippen LogP contribution in [0.3, 0.4) is 0 Å². The summed E-state index contributed by atoms with van der Waals surface area (Å²) in [5.41, 5.74) is 1.95. The molecule has 1 aromatic carbocycles. The fraction of sp³-hybridized carbons (Fsp3) is 0.647. The molecule has 23 heavy (non-hydrogen) atoms. The Hall–Kier alpha value is -1.11. The van der Waals surface area contributed by atoms with Crippen LogP contribution in [0.4, 0.5) is 0 Å². The Bertz CT molecular complexity index is 636. The van der Waals surface area contributed by atoms with Crippen LogP contribution < -0.4 is 4.74 Å². The minimum Gasteiger partial charge on any atom is -0.495 e. The molecule has 1 aliphatic rings. The second-order valence-corrected chi connectivity index (χ2v) is 8.20. The maximum Gasteiger partial charge on any atom is 0.246 e. The number of hydrogen-bond donors (Lipinski definition) is 0. The van der Waals surface area contributed by atoms with E-state index in [1.165, 1.54) is 11.4 Å². The molecule has 2 rings (SSSR count). The predicted molar refractivity (Wildman–Crippen MR) is 90.5 cm³/mol. The van der Waals surface area contributed by atoms with Crippen molar-refractivity contribution in [2.45, 2.75) is 50.5 Å². The molecule has 1 saturated heterocycles. The maximum atomic E-state index is 12.9. The van der Waals surface area contributed by atoms with Gasteiger partial charge in [-0.2, -0.15) is 0 Å². The molecule has 1 unspecified atom stereocenters. The first-order valence-corrected chi connectivity index (χ1v) is 9.53. The molecule has 1 heterocycles. The first-order valence-electron chi connectivity index (χ1n) is 8.09. The van der Waals surface area contributed by atoms with Crippen LogP contribution in [0.1, 0.15) is 36.8 Å². The van der Waals surface area contributed by atoms with E-state index in [1.54, 1.807) is 19.2 Å². The lowest BCUT2D eigenvalue weighted by atomic mass is 10.1. The average molecular weight is 341 g/mol. The van der Waals surface area contributed by atoms with Crippen molar-refractivity contribution >= 4 is 10.0 Å². The summed E-state index contributed by atoms with van der Waals surface area (Å²) in [5, 5.41) is 0. The summed E-state index contributed by atoms with van der Waals surface area (Å²) in [6, 6.07) is 3.47. The lowest BCUT2D eigenvalue weighted by Crippen LogP contribution is -2.32. The van der Waals surface area contributed by atoms with Crippen LogP contribution in [0.5, 0.6) is 5.75 Å². The van der Waals surface area contributed by atoms with E-state index in [0.717, 1.165) is 43.4 Å². The fourth-order valence-corrected chi connectivity index (χ4v) is 4.18. The molecule has 0 saturated carbocycles. The van der Waals surface area contributed by atoms with E-state index in [2.05, 4.69) is 0 Å². The largest absolute Gasteiger partial charge is 0.495 e. The molecule has 1 aromatic rings. The number of benzene rings is 1. The standard InChI is InChI=1S/C17H27NO4S/c1-13-11-16(21-4)17(12-14(13)2)23(19,20)18(3)9-8-15-7-5-6-10-22-15/h11-12,15H,5-10H2,1-4H3. The second-order valence-electron chi connectivity index (χ2n) is 6.19. The molecule has 0 N–H and O–H groups in total. The Balaban J connectivity index is 2.15. The maximum absolute atomic E-state index is 12.9. The SMILES string of the molecule is COc1cc(C)c(C)cc1S(=O)(=O)N(C)CCC1CCCCO1. The highest BCUT2D eigenvalue weighted by Crippen LogP contribution is 2.29. The molecule has 1 fully saturated rings. The fourth-order valence-electron chi connectivity index (χ4n) is 2.77. The third kappa shape index (κ3) is 4.25. The zero-order valence-electron chi connectivity index (χ0n) is 14.5. The van der Waals surface area contributed by atoms with Gasteiger partial charge in [-0.3, -0.25) is 0 Å². The molecular weight excluding hydrogens is 314 g/mol. The molecule has 0 radical (unpaired) electrons. The van der Waals surface area contributed by atoms with E-state index < -0.39 is 10.0 Å². The molecule has 0 aliphatic carbocycles. The van der Waals surface area contributed by atoms with Gasteiger partial charge in [0, 0.05) is 20.2 Å². The van der Waals surface area contributed by atoms with E-state index >= 15 is 0 Å². The van der Waals surface area contributed by atoms with Crippen molar-refractivity contribution in [1.29, 1.82) is 0 Å². The van der Waals surface area contributed by atoms with Crippen LogP contribution in [0.15, 0.2) is 17.0 Å². The van der Waals surface area contributed by atoms with Crippen molar-refractivity contribution in [2.24, 2.45) is 0 Å². The van der Waals surface area contributed by atoms with Crippen LogP contribution in [-0.4, -0.2) is 46.1 Å². The topological polar surface area (TPSA) is 55.8 Å². The lowest BCUT2D eigenvalue weighted by molar-refractivity contribution is 0.00950. The summed E-state index contributed by atoms with van der Waals surface area (Å²) in [4.78, 5) is 0.232. The summed E-state index contributed by atoms with van der Waals surface area (Å²) in [6.45, 7) is 5.08. The number of hydrogen-bond acceptors (Lipinski definition) is 4. The van der Waals surface area contributed by atoms with Gasteiger partial charge in [0.15, 0.2) is 0 Å². The Morgan fingerprint density at radius 3 is 2.57 bits per heavy atom. The molecular formula is C17H27NO4S. The van der Waals surface area contributed by atoms with Gasteiger partial charge in [-0.15, -0.1) is 0 Å². The van der Waals surface area contributed by atoms with Crippen molar-refractivity contribution in [3.63, 3.8) is 0 Å². The number of methoxy groups -OCH3 is 1. The lowest BCUT2D eigenvalue weighted by Gasteiger charge is -2.25. The monoisotopic (exact) mass is 341 g/mol.